The van der Waals surface area contributed by atoms with Gasteiger partial charge in [0.05, 0.1) is 16.1 Å². The van der Waals surface area contributed by atoms with Gasteiger partial charge in [0.1, 0.15) is 5.69 Å². The van der Waals surface area contributed by atoms with Crippen molar-refractivity contribution in [2.45, 2.75) is 46.0 Å². The van der Waals surface area contributed by atoms with Gasteiger partial charge in [0.15, 0.2) is 11.6 Å². The van der Waals surface area contributed by atoms with E-state index in [0.717, 1.165) is 22.3 Å². The number of ketones is 1. The van der Waals surface area contributed by atoms with E-state index in [-0.39, 0.29) is 22.8 Å². The van der Waals surface area contributed by atoms with Gasteiger partial charge in [0.2, 0.25) is 5.95 Å². The fourth-order valence-corrected chi connectivity index (χ4v) is 3.77. The summed E-state index contributed by atoms with van der Waals surface area (Å²) in [4.78, 5) is 25.2. The standard InChI is InChI=1S/C21H23FN4OS/c1-12-9-14(18-15(22)10-25-20(23)26-18)6-5-13(12)7-8-16(27)17-11-24-19(28-17)21(2,3)4/h5-6,9-11H,7-8H2,1-4H3,(H2,23,25,26). The maximum atomic E-state index is 14.0. The van der Waals surface area contributed by atoms with Crippen molar-refractivity contribution in [3.8, 4) is 11.3 Å². The molecule has 2 heterocycles. The van der Waals surface area contributed by atoms with Crippen LogP contribution in [0.5, 0.6) is 0 Å². The number of nitrogen functional groups attached to an aromatic ring is 1. The molecule has 3 rings (SSSR count). The summed E-state index contributed by atoms with van der Waals surface area (Å²) in [5.74, 6) is -0.398. The summed E-state index contributed by atoms with van der Waals surface area (Å²) in [5, 5.41) is 0.961. The second-order valence-electron chi connectivity index (χ2n) is 7.77. The summed E-state index contributed by atoms with van der Waals surface area (Å²) in [5.41, 5.74) is 8.34. The number of carbonyl (C=O) groups is 1. The molecule has 0 fully saturated rings. The van der Waals surface area contributed by atoms with Crippen LogP contribution >= 0.6 is 11.3 Å². The number of hydrogen-bond donors (Lipinski definition) is 1. The Hall–Kier alpha value is -2.67. The maximum absolute atomic E-state index is 14.0. The molecule has 3 aromatic rings. The van der Waals surface area contributed by atoms with Crippen molar-refractivity contribution >= 4 is 23.1 Å². The van der Waals surface area contributed by atoms with Gasteiger partial charge in [0, 0.05) is 23.6 Å². The van der Waals surface area contributed by atoms with Gasteiger partial charge in [-0.3, -0.25) is 4.79 Å². The van der Waals surface area contributed by atoms with Gasteiger partial charge in [-0.15, -0.1) is 11.3 Å². The molecule has 0 aliphatic rings. The Morgan fingerprint density at radius 1 is 1.21 bits per heavy atom. The van der Waals surface area contributed by atoms with Gasteiger partial charge in [-0.05, 0) is 30.5 Å². The molecule has 0 spiro atoms. The van der Waals surface area contributed by atoms with E-state index in [1.54, 1.807) is 12.3 Å². The second kappa shape index (κ2) is 7.75. The van der Waals surface area contributed by atoms with Crippen molar-refractivity contribution < 1.29 is 9.18 Å². The normalized spacial score (nSPS) is 11.6. The lowest BCUT2D eigenvalue weighted by Gasteiger charge is -2.13. The number of hydrogen-bond acceptors (Lipinski definition) is 6. The van der Waals surface area contributed by atoms with Gasteiger partial charge >= 0.3 is 0 Å². The summed E-state index contributed by atoms with van der Waals surface area (Å²) in [6.45, 7) is 8.19. The lowest BCUT2D eigenvalue weighted by molar-refractivity contribution is 0.0986. The molecule has 0 atom stereocenters. The summed E-state index contributed by atoms with van der Waals surface area (Å²) in [6.07, 6.45) is 3.76. The minimum absolute atomic E-state index is 0.0305. The Bertz CT molecular complexity index is 1020. The van der Waals surface area contributed by atoms with Crippen molar-refractivity contribution in [3.05, 3.63) is 57.4 Å². The van der Waals surface area contributed by atoms with E-state index in [1.807, 2.05) is 19.1 Å². The fourth-order valence-electron chi connectivity index (χ4n) is 2.83. The van der Waals surface area contributed by atoms with Crippen LogP contribution in [0.25, 0.3) is 11.3 Å². The van der Waals surface area contributed by atoms with Gasteiger partial charge < -0.3 is 5.73 Å². The first-order valence-electron chi connectivity index (χ1n) is 9.02. The first-order valence-corrected chi connectivity index (χ1v) is 9.84. The SMILES string of the molecule is Cc1cc(-c2nc(N)ncc2F)ccc1CCC(=O)c1cnc(C(C)(C)C)s1. The highest BCUT2D eigenvalue weighted by Crippen LogP contribution is 2.28. The Labute approximate surface area is 167 Å². The van der Waals surface area contributed by atoms with Crippen LogP contribution < -0.4 is 5.73 Å². The van der Waals surface area contributed by atoms with E-state index < -0.39 is 5.82 Å². The highest BCUT2D eigenvalue weighted by Gasteiger charge is 2.20. The average molecular weight is 399 g/mol. The zero-order chi connectivity index (χ0) is 20.5. The highest BCUT2D eigenvalue weighted by atomic mass is 32.1. The van der Waals surface area contributed by atoms with Crippen molar-refractivity contribution in [3.63, 3.8) is 0 Å². The molecule has 0 radical (unpaired) electrons. The van der Waals surface area contributed by atoms with Crippen LogP contribution in [-0.4, -0.2) is 20.7 Å². The molecule has 1 aromatic carbocycles. The number of rotatable bonds is 5. The number of carbonyl (C=O) groups excluding carboxylic acids is 1. The molecule has 2 aromatic heterocycles. The van der Waals surface area contributed by atoms with E-state index in [0.29, 0.717) is 23.3 Å². The summed E-state index contributed by atoms with van der Waals surface area (Å²) >= 11 is 1.46. The third-order valence-electron chi connectivity index (χ3n) is 4.42. The summed E-state index contributed by atoms with van der Waals surface area (Å²) in [7, 11) is 0. The van der Waals surface area contributed by atoms with E-state index in [9.17, 15) is 9.18 Å². The molecule has 5 nitrogen and oxygen atoms in total. The van der Waals surface area contributed by atoms with Crippen LogP contribution in [0, 0.1) is 12.7 Å². The summed E-state index contributed by atoms with van der Waals surface area (Å²) in [6, 6.07) is 5.56. The number of anilines is 1. The molecular formula is C21H23FN4OS. The van der Waals surface area contributed by atoms with Crippen LogP contribution in [0.2, 0.25) is 0 Å². The molecule has 0 aliphatic carbocycles. The zero-order valence-corrected chi connectivity index (χ0v) is 17.2. The Morgan fingerprint density at radius 2 is 1.96 bits per heavy atom. The predicted octanol–water partition coefficient (Wildman–Crippen LogP) is 4.74. The minimum atomic E-state index is -0.517. The molecule has 0 amide bonds. The largest absolute Gasteiger partial charge is 0.368 e. The number of halogens is 1. The van der Waals surface area contributed by atoms with Gasteiger partial charge in [0.25, 0.3) is 0 Å². The smallest absolute Gasteiger partial charge is 0.220 e. The second-order valence-corrected chi connectivity index (χ2v) is 8.80. The lowest BCUT2D eigenvalue weighted by Crippen LogP contribution is -2.09. The third-order valence-corrected chi connectivity index (χ3v) is 5.89. The number of aryl methyl sites for hydroxylation is 2. The molecule has 0 bridgehead atoms. The van der Waals surface area contributed by atoms with Crippen LogP contribution in [0.1, 0.15) is 53.0 Å². The van der Waals surface area contributed by atoms with Gasteiger partial charge in [-0.1, -0.05) is 32.9 Å². The van der Waals surface area contributed by atoms with Crippen molar-refractivity contribution in [1.82, 2.24) is 15.0 Å². The monoisotopic (exact) mass is 398 g/mol. The first-order chi connectivity index (χ1) is 13.1. The van der Waals surface area contributed by atoms with E-state index in [4.69, 9.17) is 5.73 Å². The van der Waals surface area contributed by atoms with E-state index in [1.165, 1.54) is 11.3 Å². The summed E-state index contributed by atoms with van der Waals surface area (Å²) < 4.78 is 14.0. The quantitative estimate of drug-likeness (QED) is 0.628. The first kappa shape index (κ1) is 20.1. The number of benzene rings is 1. The molecule has 0 saturated carbocycles. The van der Waals surface area contributed by atoms with E-state index >= 15 is 0 Å². The molecule has 0 aliphatic heterocycles. The molecule has 146 valence electrons. The van der Waals surface area contributed by atoms with Crippen molar-refractivity contribution in [2.75, 3.05) is 5.73 Å². The number of nitrogens with zero attached hydrogens (tertiary/aromatic N) is 3. The average Bonchev–Trinajstić information content (AvgIpc) is 3.13. The van der Waals surface area contributed by atoms with E-state index in [2.05, 4.69) is 35.7 Å². The Kier molecular flexibility index (Phi) is 5.56. The van der Waals surface area contributed by atoms with Gasteiger partial charge in [-0.2, -0.15) is 0 Å². The minimum Gasteiger partial charge on any atom is -0.368 e. The van der Waals surface area contributed by atoms with Crippen molar-refractivity contribution in [1.29, 1.82) is 0 Å². The van der Waals surface area contributed by atoms with Crippen LogP contribution in [0.3, 0.4) is 0 Å². The third kappa shape index (κ3) is 4.42. The molecule has 7 heteroatoms. The van der Waals surface area contributed by atoms with Crippen LogP contribution in [0.15, 0.2) is 30.6 Å². The van der Waals surface area contributed by atoms with Crippen LogP contribution in [-0.2, 0) is 11.8 Å². The zero-order valence-electron chi connectivity index (χ0n) is 16.4. The van der Waals surface area contributed by atoms with Crippen LogP contribution in [0.4, 0.5) is 10.3 Å². The predicted molar refractivity (Wildman–Crippen MR) is 110 cm³/mol. The molecule has 28 heavy (non-hydrogen) atoms. The maximum Gasteiger partial charge on any atom is 0.220 e. The molecule has 0 unspecified atom stereocenters. The number of nitrogens with two attached hydrogens (primary N) is 1. The Morgan fingerprint density at radius 3 is 2.61 bits per heavy atom. The number of Topliss-reactive ketones (excluding diaryl/α,β-unsaturated/α-hetero) is 1. The van der Waals surface area contributed by atoms with Gasteiger partial charge in [-0.25, -0.2) is 19.3 Å². The molecule has 0 saturated heterocycles. The topological polar surface area (TPSA) is 81.8 Å². The highest BCUT2D eigenvalue weighted by molar-refractivity contribution is 7.13. The van der Waals surface area contributed by atoms with Crippen molar-refractivity contribution in [2.24, 2.45) is 0 Å². The fraction of sp³-hybridized carbons (Fsp3) is 0.333. The number of thiazole rings is 1. The lowest BCUT2D eigenvalue weighted by atomic mass is 9.98. The molecule has 2 N–H and O–H groups in total. The number of aromatic nitrogens is 3. The molecular weight excluding hydrogens is 375 g/mol. The Balaban J connectivity index is 1.72.